The van der Waals surface area contributed by atoms with Gasteiger partial charge in [-0.05, 0) is 37.0 Å². The standard InChI is InChI=1S/C24H25N7O2/c1-3-8-18-21(16-9-5-4-6-10-16)22(29(2)27-18)24(33)31(28-23(32)17-13-14-17)20-12-7-11-19-25-15-26-30(19)20/h4-7,9-12,15,17H,3,8,13-14H2,1-2H3,(H,28,32). The molecule has 1 N–H and O–H groups in total. The summed E-state index contributed by atoms with van der Waals surface area (Å²) in [6.07, 6.45) is 4.69. The molecule has 5 rings (SSSR count). The fourth-order valence-corrected chi connectivity index (χ4v) is 4.01. The Morgan fingerprint density at radius 1 is 1.12 bits per heavy atom. The summed E-state index contributed by atoms with van der Waals surface area (Å²) in [5.74, 6) is -0.242. The van der Waals surface area contributed by atoms with Gasteiger partial charge >= 0.3 is 0 Å². The summed E-state index contributed by atoms with van der Waals surface area (Å²) < 4.78 is 3.14. The molecule has 0 atom stereocenters. The van der Waals surface area contributed by atoms with E-state index in [0.29, 0.717) is 17.2 Å². The summed E-state index contributed by atoms with van der Waals surface area (Å²) >= 11 is 0. The number of anilines is 1. The van der Waals surface area contributed by atoms with Gasteiger partial charge in [-0.2, -0.15) is 19.7 Å². The maximum absolute atomic E-state index is 14.1. The molecule has 0 bridgehead atoms. The van der Waals surface area contributed by atoms with Gasteiger partial charge in [0.2, 0.25) is 5.91 Å². The van der Waals surface area contributed by atoms with Crippen LogP contribution in [0.25, 0.3) is 16.8 Å². The summed E-state index contributed by atoms with van der Waals surface area (Å²) in [6, 6.07) is 15.1. The first kappa shape index (κ1) is 20.9. The predicted molar refractivity (Wildman–Crippen MR) is 123 cm³/mol. The number of aryl methyl sites for hydroxylation is 2. The lowest BCUT2D eigenvalue weighted by molar-refractivity contribution is -0.122. The Morgan fingerprint density at radius 3 is 2.64 bits per heavy atom. The van der Waals surface area contributed by atoms with Gasteiger partial charge in [0.05, 0.1) is 5.69 Å². The lowest BCUT2D eigenvalue weighted by Gasteiger charge is -2.24. The van der Waals surface area contributed by atoms with Crippen molar-refractivity contribution in [1.82, 2.24) is 29.8 Å². The van der Waals surface area contributed by atoms with Crippen LogP contribution in [0.2, 0.25) is 0 Å². The number of nitrogens with one attached hydrogen (secondary N) is 1. The fourth-order valence-electron chi connectivity index (χ4n) is 4.01. The van der Waals surface area contributed by atoms with Crippen LogP contribution in [0.5, 0.6) is 0 Å². The minimum atomic E-state index is -0.386. The van der Waals surface area contributed by atoms with Crippen molar-refractivity contribution in [2.75, 3.05) is 5.01 Å². The number of hydrogen-bond acceptors (Lipinski definition) is 5. The molecule has 0 unspecified atom stereocenters. The van der Waals surface area contributed by atoms with Crippen molar-refractivity contribution in [3.05, 3.63) is 66.2 Å². The van der Waals surface area contributed by atoms with Gasteiger partial charge in [0, 0.05) is 18.5 Å². The molecule has 1 saturated carbocycles. The van der Waals surface area contributed by atoms with Crippen molar-refractivity contribution >= 4 is 23.3 Å². The smallest absolute Gasteiger partial charge is 0.273 e. The molecule has 3 aromatic heterocycles. The van der Waals surface area contributed by atoms with Crippen molar-refractivity contribution in [1.29, 1.82) is 0 Å². The number of hydrogen-bond donors (Lipinski definition) is 1. The fraction of sp³-hybridized carbons (Fsp3) is 0.292. The summed E-state index contributed by atoms with van der Waals surface area (Å²) in [6.45, 7) is 2.08. The Hall–Kier alpha value is -4.01. The van der Waals surface area contributed by atoms with E-state index in [1.54, 1.807) is 29.9 Å². The van der Waals surface area contributed by atoms with Crippen LogP contribution in [0.3, 0.4) is 0 Å². The van der Waals surface area contributed by atoms with Crippen molar-refractivity contribution in [3.8, 4) is 11.1 Å². The molecule has 0 saturated heterocycles. The van der Waals surface area contributed by atoms with Crippen LogP contribution in [-0.4, -0.2) is 36.2 Å². The van der Waals surface area contributed by atoms with Crippen LogP contribution in [0, 0.1) is 5.92 Å². The minimum Gasteiger partial charge on any atom is -0.273 e. The molecular formula is C24H25N7O2. The molecule has 33 heavy (non-hydrogen) atoms. The number of nitrogens with zero attached hydrogens (tertiary/aromatic N) is 6. The third kappa shape index (κ3) is 3.86. The Bertz CT molecular complexity index is 1320. The molecule has 9 nitrogen and oxygen atoms in total. The number of amides is 2. The van der Waals surface area contributed by atoms with Crippen molar-refractivity contribution in [2.45, 2.75) is 32.6 Å². The summed E-state index contributed by atoms with van der Waals surface area (Å²) in [5.41, 5.74) is 6.35. The quantitative estimate of drug-likeness (QED) is 0.462. The van der Waals surface area contributed by atoms with Crippen LogP contribution in [0.15, 0.2) is 54.9 Å². The average Bonchev–Trinajstić information content (AvgIpc) is 3.48. The van der Waals surface area contributed by atoms with Crippen LogP contribution < -0.4 is 10.4 Å². The van der Waals surface area contributed by atoms with Crippen LogP contribution in [0.4, 0.5) is 5.82 Å². The normalized spacial score (nSPS) is 13.3. The molecule has 0 spiro atoms. The highest BCUT2D eigenvalue weighted by molar-refractivity contribution is 6.10. The van der Waals surface area contributed by atoms with E-state index in [1.807, 2.05) is 30.3 Å². The van der Waals surface area contributed by atoms with Crippen LogP contribution in [-0.2, 0) is 18.3 Å². The number of fused-ring (bicyclic) bond motifs is 1. The first-order valence-electron chi connectivity index (χ1n) is 11.1. The van der Waals surface area contributed by atoms with E-state index in [4.69, 9.17) is 0 Å². The third-order valence-electron chi connectivity index (χ3n) is 5.76. The second-order valence-corrected chi connectivity index (χ2v) is 8.21. The van der Waals surface area contributed by atoms with E-state index in [0.717, 1.165) is 42.5 Å². The Kier molecular flexibility index (Phi) is 5.37. The Labute approximate surface area is 191 Å². The summed E-state index contributed by atoms with van der Waals surface area (Å²) in [5, 5.41) is 10.2. The summed E-state index contributed by atoms with van der Waals surface area (Å²) in [7, 11) is 1.76. The molecular weight excluding hydrogens is 418 g/mol. The highest BCUT2D eigenvalue weighted by Gasteiger charge is 2.35. The molecule has 1 aliphatic carbocycles. The number of carbonyl (C=O) groups excluding carboxylic acids is 2. The average molecular weight is 444 g/mol. The Morgan fingerprint density at radius 2 is 1.91 bits per heavy atom. The molecule has 3 heterocycles. The Balaban J connectivity index is 1.66. The monoisotopic (exact) mass is 443 g/mol. The number of carbonyl (C=O) groups is 2. The second kappa shape index (κ2) is 8.50. The maximum atomic E-state index is 14.1. The van der Waals surface area contributed by atoms with Crippen molar-refractivity contribution in [2.24, 2.45) is 13.0 Å². The SMILES string of the molecule is CCCc1nn(C)c(C(=O)N(NC(=O)C2CC2)c2cccc3ncnn23)c1-c1ccccc1. The molecule has 168 valence electrons. The molecule has 1 aliphatic rings. The van der Waals surface area contributed by atoms with E-state index >= 15 is 0 Å². The molecule has 4 aromatic rings. The molecule has 1 fully saturated rings. The zero-order valence-corrected chi connectivity index (χ0v) is 18.6. The summed E-state index contributed by atoms with van der Waals surface area (Å²) in [4.78, 5) is 31.1. The van der Waals surface area contributed by atoms with E-state index in [1.165, 1.54) is 15.9 Å². The number of pyridine rings is 1. The first-order chi connectivity index (χ1) is 16.1. The topological polar surface area (TPSA) is 97.4 Å². The van der Waals surface area contributed by atoms with Crippen molar-refractivity contribution < 1.29 is 9.59 Å². The zero-order chi connectivity index (χ0) is 22.9. The second-order valence-electron chi connectivity index (χ2n) is 8.21. The lowest BCUT2D eigenvalue weighted by Crippen LogP contribution is -2.48. The van der Waals surface area contributed by atoms with Gasteiger partial charge in [-0.25, -0.2) is 4.98 Å². The van der Waals surface area contributed by atoms with E-state index in [-0.39, 0.29) is 17.7 Å². The van der Waals surface area contributed by atoms with E-state index in [2.05, 4.69) is 27.5 Å². The van der Waals surface area contributed by atoms with Crippen LogP contribution in [0.1, 0.15) is 42.4 Å². The van der Waals surface area contributed by atoms with Gasteiger partial charge in [0.25, 0.3) is 5.91 Å². The van der Waals surface area contributed by atoms with Gasteiger partial charge in [0.15, 0.2) is 11.5 Å². The maximum Gasteiger partial charge on any atom is 0.297 e. The van der Waals surface area contributed by atoms with Gasteiger partial charge in [-0.1, -0.05) is 49.7 Å². The number of benzene rings is 1. The van der Waals surface area contributed by atoms with E-state index < -0.39 is 0 Å². The van der Waals surface area contributed by atoms with Gasteiger partial charge in [0.1, 0.15) is 12.0 Å². The largest absolute Gasteiger partial charge is 0.297 e. The van der Waals surface area contributed by atoms with Gasteiger partial charge < -0.3 is 0 Å². The number of hydrazine groups is 1. The number of rotatable bonds is 6. The van der Waals surface area contributed by atoms with Gasteiger partial charge in [-0.3, -0.25) is 19.7 Å². The molecule has 0 aliphatic heterocycles. The third-order valence-corrected chi connectivity index (χ3v) is 5.76. The number of aromatic nitrogens is 5. The highest BCUT2D eigenvalue weighted by atomic mass is 16.2. The molecule has 2 amide bonds. The molecule has 1 aromatic carbocycles. The van der Waals surface area contributed by atoms with E-state index in [9.17, 15) is 9.59 Å². The van der Waals surface area contributed by atoms with Crippen LogP contribution >= 0.6 is 0 Å². The molecule has 0 radical (unpaired) electrons. The highest BCUT2D eigenvalue weighted by Crippen LogP contribution is 2.32. The molecule has 9 heteroatoms. The van der Waals surface area contributed by atoms with Gasteiger partial charge in [-0.15, -0.1) is 0 Å². The zero-order valence-electron chi connectivity index (χ0n) is 18.6. The van der Waals surface area contributed by atoms with Crippen molar-refractivity contribution in [3.63, 3.8) is 0 Å². The first-order valence-corrected chi connectivity index (χ1v) is 11.1. The predicted octanol–water partition coefficient (Wildman–Crippen LogP) is 3.17. The minimum absolute atomic E-state index is 0.0777. The lowest BCUT2D eigenvalue weighted by atomic mass is 10.0.